The molecular formula is C8H13Cl9O6. The molecule has 0 aromatic carbocycles. The highest BCUT2D eigenvalue weighted by Crippen LogP contribution is 2.29. The minimum Gasteiger partial charge on any atom is -0.365 e. The van der Waals surface area contributed by atoms with Crippen LogP contribution in [0.5, 0.6) is 0 Å². The molecule has 0 amide bonds. The second-order valence-electron chi connectivity index (χ2n) is 2.75. The van der Waals surface area contributed by atoms with E-state index in [1.165, 1.54) is 0 Å². The fourth-order valence-electron chi connectivity index (χ4n) is 0. The lowest BCUT2D eigenvalue weighted by molar-refractivity contribution is -0.0361. The van der Waals surface area contributed by atoms with E-state index >= 15 is 0 Å². The van der Waals surface area contributed by atoms with Gasteiger partial charge in [-0.2, -0.15) is 0 Å². The van der Waals surface area contributed by atoms with Crippen LogP contribution in [0.1, 0.15) is 0 Å². The predicted molar refractivity (Wildman–Crippen MR) is 96.8 cm³/mol. The van der Waals surface area contributed by atoms with Crippen LogP contribution in [0.25, 0.3) is 0 Å². The van der Waals surface area contributed by atoms with Gasteiger partial charge in [0.15, 0.2) is 18.9 Å². The molecule has 0 saturated heterocycles. The largest absolute Gasteiger partial charge is 0.365 e. The minimum absolute atomic E-state index is 1.91. The lowest BCUT2D eigenvalue weighted by atomic mass is 10.8. The Morgan fingerprint density at radius 2 is 0.478 bits per heavy atom. The lowest BCUT2D eigenvalue weighted by Gasteiger charge is -2.10. The molecule has 0 fully saturated rings. The number of aliphatic hydroxyl groups excluding tert-OH is 3. The first-order valence-corrected chi connectivity index (χ1v) is 8.02. The minimum atomic E-state index is -1.97. The highest BCUT2D eigenvalue weighted by atomic mass is 35.6. The molecule has 23 heavy (non-hydrogen) atoms. The maximum Gasteiger partial charge on any atom is 0.240 e. The number of rotatable bonds is 0. The number of hydrogen-bond acceptors (Lipinski definition) is 6. The van der Waals surface area contributed by atoms with E-state index in [-0.39, 0.29) is 0 Å². The zero-order valence-corrected chi connectivity index (χ0v) is 17.5. The maximum absolute atomic E-state index is 8.05. The van der Waals surface area contributed by atoms with E-state index in [1.807, 2.05) is 0 Å². The summed E-state index contributed by atoms with van der Waals surface area (Å²) in [7, 11) is 0. The van der Waals surface area contributed by atoms with E-state index in [0.717, 1.165) is 0 Å². The van der Waals surface area contributed by atoms with Gasteiger partial charge in [0.25, 0.3) is 0 Å². The first-order valence-electron chi connectivity index (χ1n) is 4.62. The molecule has 0 aromatic heterocycles. The summed E-state index contributed by atoms with van der Waals surface area (Å²) in [4.78, 5) is 0. The predicted octanol–water partition coefficient (Wildman–Crippen LogP) is 2.80. The zero-order chi connectivity index (χ0) is 20.2. The van der Waals surface area contributed by atoms with Gasteiger partial charge in [0.05, 0.1) is 0 Å². The Balaban J connectivity index is -0.000000111. The molecule has 0 aliphatic heterocycles. The molecular weight excluding hydrogens is 511 g/mol. The number of halogens is 9. The number of hydrogen-bond donors (Lipinski definition) is 6. The van der Waals surface area contributed by atoms with Crippen LogP contribution in [0.3, 0.4) is 0 Å². The molecule has 0 rings (SSSR count). The zero-order valence-electron chi connectivity index (χ0n) is 10.7. The molecule has 6 N–H and O–H groups in total. The average Bonchev–Trinajstić information content (AvgIpc) is 2.29. The van der Waals surface area contributed by atoms with Crippen LogP contribution in [-0.4, -0.2) is 60.9 Å². The van der Waals surface area contributed by atoms with Gasteiger partial charge >= 0.3 is 0 Å². The fourth-order valence-corrected chi connectivity index (χ4v) is 0. The summed E-state index contributed by atoms with van der Waals surface area (Å²) in [6.45, 7) is 6.00. The van der Waals surface area contributed by atoms with Crippen molar-refractivity contribution in [1.82, 2.24) is 0 Å². The second-order valence-corrected chi connectivity index (χ2v) is 9.85. The van der Waals surface area contributed by atoms with Crippen molar-refractivity contribution in [3.63, 3.8) is 0 Å². The highest BCUT2D eigenvalue weighted by Gasteiger charge is 2.29. The van der Waals surface area contributed by atoms with E-state index < -0.39 is 30.2 Å². The molecule has 0 bridgehead atoms. The van der Waals surface area contributed by atoms with Gasteiger partial charge in [0.2, 0.25) is 11.4 Å². The normalized spacial score (nSPS) is 11.9. The number of aliphatic hydroxyl groups is 6. The van der Waals surface area contributed by atoms with Crippen molar-refractivity contribution in [3.8, 4) is 0 Å². The summed E-state index contributed by atoms with van der Waals surface area (Å²) in [6.07, 6.45) is -5.72. The van der Waals surface area contributed by atoms with Crippen LogP contribution in [0.2, 0.25) is 0 Å². The van der Waals surface area contributed by atoms with Crippen molar-refractivity contribution >= 4 is 104 Å². The van der Waals surface area contributed by atoms with Gasteiger partial charge in [-0.3, -0.25) is 0 Å². The van der Waals surface area contributed by atoms with Crippen LogP contribution in [0.15, 0.2) is 13.2 Å². The van der Waals surface area contributed by atoms with Crippen molar-refractivity contribution in [3.05, 3.63) is 13.2 Å². The van der Waals surface area contributed by atoms with Gasteiger partial charge in [0.1, 0.15) is 0 Å². The van der Waals surface area contributed by atoms with Gasteiger partial charge in [-0.15, -0.1) is 13.2 Å². The molecule has 0 aliphatic rings. The molecule has 0 saturated carbocycles. The smallest absolute Gasteiger partial charge is 0.240 e. The van der Waals surface area contributed by atoms with Crippen molar-refractivity contribution in [2.24, 2.45) is 0 Å². The molecule has 144 valence electrons. The Morgan fingerprint density at radius 1 is 0.435 bits per heavy atom. The van der Waals surface area contributed by atoms with E-state index in [4.69, 9.17) is 135 Å². The summed E-state index contributed by atoms with van der Waals surface area (Å²) >= 11 is 44.1. The lowest BCUT2D eigenvalue weighted by Crippen LogP contribution is -2.23. The Kier molecular flexibility index (Phi) is 21.6. The van der Waals surface area contributed by atoms with Gasteiger partial charge < -0.3 is 30.6 Å². The molecule has 0 atom stereocenters. The summed E-state index contributed by atoms with van der Waals surface area (Å²) in [5.74, 6) is 0. The third-order valence-corrected chi connectivity index (χ3v) is 2.63. The molecule has 0 aromatic rings. The fraction of sp³-hybridized carbons (Fsp3) is 0.750. The third-order valence-electron chi connectivity index (χ3n) is 0.878. The summed E-state index contributed by atoms with van der Waals surface area (Å²) < 4.78 is -5.92. The van der Waals surface area contributed by atoms with Crippen LogP contribution >= 0.6 is 104 Å². The van der Waals surface area contributed by atoms with Gasteiger partial charge in [-0.1, -0.05) is 104 Å². The first-order chi connectivity index (χ1) is 9.83. The molecule has 0 unspecified atom stereocenters. The Morgan fingerprint density at radius 3 is 0.478 bits per heavy atom. The quantitative estimate of drug-likeness (QED) is 0.165. The molecule has 15 heteroatoms. The summed E-state index contributed by atoms with van der Waals surface area (Å²) in [6, 6.07) is 0. The Bertz CT molecular complexity index is 228. The molecule has 0 radical (unpaired) electrons. The SMILES string of the molecule is C=C.OC(O)C(Cl)(Cl)Cl.OC(O)C(Cl)(Cl)Cl.OC(O)C(Cl)(Cl)Cl. The van der Waals surface area contributed by atoms with Crippen LogP contribution in [0, 0.1) is 0 Å². The molecule has 0 heterocycles. The van der Waals surface area contributed by atoms with E-state index in [9.17, 15) is 0 Å². The summed E-state index contributed by atoms with van der Waals surface area (Å²) in [5.41, 5.74) is 0. The van der Waals surface area contributed by atoms with E-state index in [1.54, 1.807) is 0 Å². The van der Waals surface area contributed by atoms with Gasteiger partial charge in [-0.05, 0) is 0 Å². The van der Waals surface area contributed by atoms with E-state index in [0.29, 0.717) is 0 Å². The maximum atomic E-state index is 8.05. The Hall–Kier alpha value is 2.11. The van der Waals surface area contributed by atoms with E-state index in [2.05, 4.69) is 13.2 Å². The van der Waals surface area contributed by atoms with Gasteiger partial charge in [-0.25, -0.2) is 0 Å². The molecule has 6 nitrogen and oxygen atoms in total. The first kappa shape index (κ1) is 32.8. The highest BCUT2D eigenvalue weighted by molar-refractivity contribution is 6.68. The van der Waals surface area contributed by atoms with Crippen molar-refractivity contribution in [2.75, 3.05) is 0 Å². The Labute approximate surface area is 177 Å². The number of alkyl halides is 9. The monoisotopic (exact) mass is 520 g/mol. The van der Waals surface area contributed by atoms with Crippen LogP contribution < -0.4 is 0 Å². The van der Waals surface area contributed by atoms with Crippen molar-refractivity contribution in [2.45, 2.75) is 30.2 Å². The third kappa shape index (κ3) is 29.1. The van der Waals surface area contributed by atoms with Crippen molar-refractivity contribution in [1.29, 1.82) is 0 Å². The average molecular weight is 524 g/mol. The van der Waals surface area contributed by atoms with Crippen LogP contribution in [0.4, 0.5) is 0 Å². The second kappa shape index (κ2) is 15.2. The van der Waals surface area contributed by atoms with Crippen molar-refractivity contribution < 1.29 is 30.6 Å². The standard InChI is InChI=1S/3C2H3Cl3O2.C2H4/c3*3-2(4,5)1(6)7;1-2/h3*1,6-7H;1-2H2. The summed E-state index contributed by atoms with van der Waals surface area (Å²) in [5, 5.41) is 48.3. The van der Waals surface area contributed by atoms with Gasteiger partial charge in [0, 0.05) is 0 Å². The molecule has 0 aliphatic carbocycles. The molecule has 0 spiro atoms. The van der Waals surface area contributed by atoms with Crippen LogP contribution in [-0.2, 0) is 0 Å². The topological polar surface area (TPSA) is 121 Å².